The van der Waals surface area contributed by atoms with E-state index in [-0.39, 0.29) is 11.3 Å². The van der Waals surface area contributed by atoms with E-state index in [4.69, 9.17) is 0 Å². The predicted octanol–water partition coefficient (Wildman–Crippen LogP) is 5.34. The van der Waals surface area contributed by atoms with Crippen LogP contribution in [0.15, 0.2) is 114 Å². The number of sulfonamides is 1. The van der Waals surface area contributed by atoms with Crippen LogP contribution in [0, 0.1) is 0 Å². The second kappa shape index (κ2) is 14.9. The maximum atomic E-state index is 13.6. The Morgan fingerprint density at radius 1 is 0.750 bits per heavy atom. The fourth-order valence-corrected chi connectivity index (χ4v) is 6.29. The summed E-state index contributed by atoms with van der Waals surface area (Å²) in [6.45, 7) is 2.82. The quantitative estimate of drug-likeness (QED) is 0.200. The second-order valence-corrected chi connectivity index (χ2v) is 12.7. The van der Waals surface area contributed by atoms with Gasteiger partial charge in [-0.05, 0) is 72.8 Å². The van der Waals surface area contributed by atoms with Gasteiger partial charge in [-0.15, -0.1) is 0 Å². The molecule has 0 bridgehead atoms. The van der Waals surface area contributed by atoms with Crippen LogP contribution in [0.5, 0.6) is 0 Å². The van der Waals surface area contributed by atoms with Gasteiger partial charge in [0.05, 0.1) is 17.5 Å². The van der Waals surface area contributed by atoms with E-state index in [2.05, 4.69) is 39.2 Å². The number of carbonyl (C=O) groups is 2. The van der Waals surface area contributed by atoms with Crippen molar-refractivity contribution >= 4 is 33.9 Å². The third kappa shape index (κ3) is 8.60. The van der Waals surface area contributed by atoms with Crippen LogP contribution in [0.3, 0.4) is 0 Å². The Bertz CT molecular complexity index is 1680. The molecule has 4 aromatic rings. The van der Waals surface area contributed by atoms with E-state index in [9.17, 15) is 18.0 Å². The molecule has 44 heavy (non-hydrogen) atoms. The summed E-state index contributed by atoms with van der Waals surface area (Å²) >= 11 is 0. The van der Waals surface area contributed by atoms with Crippen molar-refractivity contribution in [3.8, 4) is 0 Å². The molecule has 0 aliphatic carbocycles. The maximum absolute atomic E-state index is 13.6. The molecule has 5 rings (SSSR count). The van der Waals surface area contributed by atoms with Crippen LogP contribution in [0.2, 0.25) is 0 Å². The number of ketones is 1. The van der Waals surface area contributed by atoms with Gasteiger partial charge in [-0.1, -0.05) is 103 Å². The molecule has 0 saturated carbocycles. The molecule has 0 aromatic heterocycles. The number of hydrogen-bond acceptors (Lipinski definition) is 5. The lowest BCUT2D eigenvalue weighted by Crippen LogP contribution is -2.46. The molecule has 226 valence electrons. The molecule has 0 unspecified atom stereocenters. The normalized spacial score (nSPS) is 14.5. The Kier molecular flexibility index (Phi) is 10.5. The summed E-state index contributed by atoms with van der Waals surface area (Å²) in [5.41, 5.74) is 4.28. The molecule has 8 heteroatoms. The molecule has 7 nitrogen and oxygen atoms in total. The first-order valence-electron chi connectivity index (χ1n) is 14.9. The van der Waals surface area contributed by atoms with Crippen LogP contribution < -0.4 is 10.0 Å². The van der Waals surface area contributed by atoms with Gasteiger partial charge in [0.25, 0.3) is 5.91 Å². The first-order chi connectivity index (χ1) is 21.4. The van der Waals surface area contributed by atoms with Crippen LogP contribution in [-0.4, -0.2) is 50.7 Å². The summed E-state index contributed by atoms with van der Waals surface area (Å²) in [7, 11) is -3.89. The molecular formula is C36H37N3O4S. The smallest absolute Gasteiger partial charge is 0.252 e. The summed E-state index contributed by atoms with van der Waals surface area (Å²) in [6, 6.07) is 31.9. The van der Waals surface area contributed by atoms with Crippen LogP contribution in [0.1, 0.15) is 45.5 Å². The van der Waals surface area contributed by atoms with Gasteiger partial charge in [0, 0.05) is 12.1 Å². The van der Waals surface area contributed by atoms with Gasteiger partial charge in [-0.25, -0.2) is 13.1 Å². The van der Waals surface area contributed by atoms with Gasteiger partial charge in [-0.2, -0.15) is 0 Å². The highest BCUT2D eigenvalue weighted by Crippen LogP contribution is 2.17. The standard InChI is InChI=1S/C36H37N3O4S/c40-35(26-37-44(42,43)32-14-5-2-6-15-32)34(25-29-11-3-1-4-12-29)38-36(41)33-16-8-7-13-31(33)22-21-28-17-19-30(20-18-28)27-39-23-9-10-24-39/h1-8,11-22,34,37H,9-10,23-27H2,(H,38,41)/t34-/m0/s1. The highest BCUT2D eigenvalue weighted by molar-refractivity contribution is 7.89. The average Bonchev–Trinajstić information content (AvgIpc) is 3.57. The molecule has 1 heterocycles. The third-order valence-corrected chi connectivity index (χ3v) is 9.13. The van der Waals surface area contributed by atoms with Crippen LogP contribution in [0.25, 0.3) is 12.2 Å². The lowest BCUT2D eigenvalue weighted by molar-refractivity contribution is -0.119. The summed E-state index contributed by atoms with van der Waals surface area (Å²) in [6.07, 6.45) is 6.62. The minimum Gasteiger partial charge on any atom is -0.342 e. The summed E-state index contributed by atoms with van der Waals surface area (Å²) < 4.78 is 27.8. The van der Waals surface area contributed by atoms with Crippen molar-refractivity contribution in [3.63, 3.8) is 0 Å². The average molecular weight is 608 g/mol. The third-order valence-electron chi connectivity index (χ3n) is 7.71. The lowest BCUT2D eigenvalue weighted by atomic mass is 10.0. The second-order valence-electron chi connectivity index (χ2n) is 11.0. The van der Waals surface area contributed by atoms with Crippen molar-refractivity contribution in [1.29, 1.82) is 0 Å². The van der Waals surface area contributed by atoms with Gasteiger partial charge in [0.15, 0.2) is 5.78 Å². The van der Waals surface area contributed by atoms with Gasteiger partial charge >= 0.3 is 0 Å². The Balaban J connectivity index is 1.29. The SMILES string of the molecule is O=C(N[C@@H](Cc1ccccc1)C(=O)CNS(=O)(=O)c1ccccc1)c1ccccc1C=Cc1ccc(CN2CCCC2)cc1. The Hall–Kier alpha value is -4.37. The van der Waals surface area contributed by atoms with Gasteiger partial charge in [0.1, 0.15) is 0 Å². The van der Waals surface area contributed by atoms with Crippen molar-refractivity contribution in [2.24, 2.45) is 0 Å². The number of likely N-dealkylation sites (tertiary alicyclic amines) is 1. The number of rotatable bonds is 13. The first kappa shape index (κ1) is 31.1. The van der Waals surface area contributed by atoms with Crippen molar-refractivity contribution in [1.82, 2.24) is 14.9 Å². The number of Topliss-reactive ketones (excluding diaryl/α,β-unsaturated/α-hetero) is 1. The zero-order valence-electron chi connectivity index (χ0n) is 24.6. The fraction of sp³-hybridized carbons (Fsp3) is 0.222. The summed E-state index contributed by atoms with van der Waals surface area (Å²) in [5, 5.41) is 2.88. The Morgan fingerprint density at radius 3 is 2.09 bits per heavy atom. The minimum atomic E-state index is -3.89. The maximum Gasteiger partial charge on any atom is 0.252 e. The number of benzene rings is 4. The molecule has 0 radical (unpaired) electrons. The van der Waals surface area contributed by atoms with Crippen molar-refractivity contribution in [2.75, 3.05) is 19.6 Å². The zero-order valence-corrected chi connectivity index (χ0v) is 25.4. The van der Waals surface area contributed by atoms with Crippen molar-refractivity contribution in [3.05, 3.63) is 137 Å². The molecule has 1 atom stereocenters. The Labute approximate surface area is 259 Å². The molecular weight excluding hydrogens is 570 g/mol. The molecule has 1 aliphatic rings. The first-order valence-corrected chi connectivity index (χ1v) is 16.4. The van der Waals surface area contributed by atoms with E-state index in [0.717, 1.165) is 30.8 Å². The molecule has 4 aromatic carbocycles. The van der Waals surface area contributed by atoms with E-state index in [1.165, 1.54) is 30.5 Å². The minimum absolute atomic E-state index is 0.0680. The highest BCUT2D eigenvalue weighted by atomic mass is 32.2. The number of nitrogens with one attached hydrogen (secondary N) is 2. The highest BCUT2D eigenvalue weighted by Gasteiger charge is 2.25. The van der Waals surface area contributed by atoms with Crippen LogP contribution in [-0.2, 0) is 27.8 Å². The predicted molar refractivity (Wildman–Crippen MR) is 174 cm³/mol. The number of nitrogens with zero attached hydrogens (tertiary/aromatic N) is 1. The molecule has 1 saturated heterocycles. The Morgan fingerprint density at radius 2 is 1.39 bits per heavy atom. The van der Waals surface area contributed by atoms with Gasteiger partial charge in [0.2, 0.25) is 10.0 Å². The monoisotopic (exact) mass is 607 g/mol. The lowest BCUT2D eigenvalue weighted by Gasteiger charge is -2.19. The summed E-state index contributed by atoms with van der Waals surface area (Å²) in [5.74, 6) is -0.852. The van der Waals surface area contributed by atoms with Crippen LogP contribution >= 0.6 is 0 Å². The van der Waals surface area contributed by atoms with Crippen molar-refractivity contribution in [2.45, 2.75) is 36.7 Å². The van der Waals surface area contributed by atoms with E-state index >= 15 is 0 Å². The van der Waals surface area contributed by atoms with Gasteiger partial charge in [-0.3, -0.25) is 14.5 Å². The van der Waals surface area contributed by atoms with E-state index in [1.807, 2.05) is 54.6 Å². The van der Waals surface area contributed by atoms with Crippen molar-refractivity contribution < 1.29 is 18.0 Å². The van der Waals surface area contributed by atoms with E-state index in [1.54, 1.807) is 30.3 Å². The van der Waals surface area contributed by atoms with Crippen LogP contribution in [0.4, 0.5) is 0 Å². The molecule has 2 N–H and O–H groups in total. The van der Waals surface area contributed by atoms with E-state index in [0.29, 0.717) is 11.1 Å². The largest absolute Gasteiger partial charge is 0.342 e. The zero-order chi connectivity index (χ0) is 30.8. The number of carbonyl (C=O) groups excluding carboxylic acids is 2. The molecule has 1 amide bonds. The van der Waals surface area contributed by atoms with Gasteiger partial charge < -0.3 is 5.32 Å². The summed E-state index contributed by atoms with van der Waals surface area (Å²) in [4.78, 5) is 29.5. The molecule has 0 spiro atoms. The van der Waals surface area contributed by atoms with E-state index < -0.39 is 34.3 Å². The topological polar surface area (TPSA) is 95.6 Å². The molecule has 1 aliphatic heterocycles. The fourth-order valence-electron chi connectivity index (χ4n) is 5.27. The number of hydrogen-bond donors (Lipinski definition) is 2. The molecule has 1 fully saturated rings. The number of amides is 1.